The Balaban J connectivity index is 0.00000361. The van der Waals surface area contributed by atoms with Crippen LogP contribution in [-0.4, -0.2) is 33.8 Å². The first-order chi connectivity index (χ1) is 16.8. The minimum atomic E-state index is -3.75. The van der Waals surface area contributed by atoms with Crippen molar-refractivity contribution >= 4 is 45.5 Å². The number of methoxy groups -OCH3 is 1. The van der Waals surface area contributed by atoms with Crippen molar-refractivity contribution in [1.82, 2.24) is 0 Å². The molecule has 0 saturated heterocycles. The van der Waals surface area contributed by atoms with Gasteiger partial charge in [-0.3, -0.25) is 14.9 Å². The Labute approximate surface area is 217 Å². The number of benzene rings is 3. The van der Waals surface area contributed by atoms with E-state index in [0.717, 1.165) is 29.7 Å². The highest BCUT2D eigenvalue weighted by atomic mass is 35.5. The second-order valence-corrected chi connectivity index (χ2v) is 10.1. The topological polar surface area (TPSA) is 126 Å². The molecule has 1 aliphatic rings. The molecule has 0 aromatic heterocycles. The monoisotopic (exact) mass is 528 g/mol. The molecule has 0 spiro atoms. The van der Waals surface area contributed by atoms with Gasteiger partial charge in [-0.15, -0.1) is 12.4 Å². The number of anilines is 2. The van der Waals surface area contributed by atoms with E-state index in [4.69, 9.17) is 15.9 Å². The van der Waals surface area contributed by atoms with Gasteiger partial charge in [0, 0.05) is 29.9 Å². The molecule has 0 unspecified atom stereocenters. The number of carbonyl (C=O) groups is 1. The van der Waals surface area contributed by atoms with E-state index in [-0.39, 0.29) is 29.0 Å². The predicted molar refractivity (Wildman–Crippen MR) is 144 cm³/mol. The molecule has 4 N–H and O–H groups in total. The van der Waals surface area contributed by atoms with E-state index in [1.54, 1.807) is 47.4 Å². The number of carbonyl (C=O) groups excluding carboxylic acids is 1. The maximum absolute atomic E-state index is 13.0. The zero-order chi connectivity index (χ0) is 25.0. The second kappa shape index (κ2) is 11.5. The van der Waals surface area contributed by atoms with Crippen LogP contribution in [0.25, 0.3) is 0 Å². The van der Waals surface area contributed by atoms with Crippen molar-refractivity contribution in [2.45, 2.75) is 30.6 Å². The van der Waals surface area contributed by atoms with Crippen LogP contribution in [0.15, 0.2) is 71.6 Å². The zero-order valence-electron chi connectivity index (χ0n) is 19.9. The Hall–Kier alpha value is -3.56. The maximum Gasteiger partial charge on any atom is 0.261 e. The molecule has 36 heavy (non-hydrogen) atoms. The van der Waals surface area contributed by atoms with E-state index in [2.05, 4.69) is 4.72 Å². The van der Waals surface area contributed by atoms with Crippen LogP contribution in [0.1, 0.15) is 29.5 Å². The van der Waals surface area contributed by atoms with Crippen LogP contribution in [0.5, 0.6) is 5.75 Å². The van der Waals surface area contributed by atoms with Crippen molar-refractivity contribution in [3.8, 4) is 5.75 Å². The molecule has 3 aromatic rings. The van der Waals surface area contributed by atoms with Crippen molar-refractivity contribution in [2.24, 2.45) is 5.73 Å². The number of fused-ring (bicyclic) bond motifs is 1. The number of sulfonamides is 1. The summed E-state index contributed by atoms with van der Waals surface area (Å²) < 4.78 is 33.3. The highest BCUT2D eigenvalue weighted by molar-refractivity contribution is 7.92. The van der Waals surface area contributed by atoms with Gasteiger partial charge >= 0.3 is 0 Å². The summed E-state index contributed by atoms with van der Waals surface area (Å²) in [7, 11) is -2.23. The molecule has 0 aliphatic carbocycles. The van der Waals surface area contributed by atoms with Crippen molar-refractivity contribution in [2.75, 3.05) is 23.3 Å². The molecular formula is C26H29ClN4O4S. The van der Waals surface area contributed by atoms with Gasteiger partial charge in [0.25, 0.3) is 10.0 Å². The molecule has 0 bridgehead atoms. The Bertz CT molecular complexity index is 1340. The van der Waals surface area contributed by atoms with Gasteiger partial charge < -0.3 is 15.4 Å². The third kappa shape index (κ3) is 6.16. The van der Waals surface area contributed by atoms with Crippen LogP contribution in [-0.2, 0) is 27.7 Å². The van der Waals surface area contributed by atoms with Crippen LogP contribution >= 0.6 is 12.4 Å². The summed E-state index contributed by atoms with van der Waals surface area (Å²) in [6, 6.07) is 18.8. The predicted octanol–water partition coefficient (Wildman–Crippen LogP) is 4.11. The van der Waals surface area contributed by atoms with Gasteiger partial charge in [-0.2, -0.15) is 0 Å². The number of amidine groups is 1. The van der Waals surface area contributed by atoms with Crippen LogP contribution in [0, 0.1) is 5.41 Å². The molecule has 190 valence electrons. The largest absolute Gasteiger partial charge is 0.497 e. The molecule has 0 saturated carbocycles. The standard InChI is InChI=1S/C26H28N4O4S.ClH/c1-34-22-10-12-23(13-11-22)35(32,33)29-21-9-14-24-20(17-21)3-2-16-30(24)25(31)15-6-18-4-7-19(8-5-18)26(27)28;/h4-5,7-14,17,29H,2-3,6,15-16H2,1H3,(H3,27,28);1H. The number of nitrogens with one attached hydrogen (secondary N) is 2. The highest BCUT2D eigenvalue weighted by Crippen LogP contribution is 2.31. The van der Waals surface area contributed by atoms with Crippen LogP contribution < -0.4 is 20.1 Å². The minimum Gasteiger partial charge on any atom is -0.497 e. The van der Waals surface area contributed by atoms with Crippen LogP contribution in [0.2, 0.25) is 0 Å². The summed E-state index contributed by atoms with van der Waals surface area (Å²) in [5, 5.41) is 7.48. The lowest BCUT2D eigenvalue weighted by Gasteiger charge is -2.30. The van der Waals surface area contributed by atoms with E-state index in [9.17, 15) is 13.2 Å². The highest BCUT2D eigenvalue weighted by Gasteiger charge is 2.23. The molecule has 0 fully saturated rings. The van der Waals surface area contributed by atoms with Gasteiger partial charge in [0.05, 0.1) is 12.0 Å². The number of halogens is 1. The first kappa shape index (κ1) is 27.0. The van der Waals surface area contributed by atoms with Gasteiger partial charge in [-0.05, 0) is 72.9 Å². The lowest BCUT2D eigenvalue weighted by molar-refractivity contribution is -0.118. The molecule has 0 radical (unpaired) electrons. The van der Waals surface area contributed by atoms with Gasteiger partial charge in [0.1, 0.15) is 11.6 Å². The van der Waals surface area contributed by atoms with Crippen LogP contribution in [0.4, 0.5) is 11.4 Å². The van der Waals surface area contributed by atoms with E-state index >= 15 is 0 Å². The minimum absolute atomic E-state index is 0. The quantitative estimate of drug-likeness (QED) is 0.299. The number of nitrogen functional groups attached to an aromatic ring is 1. The number of nitrogens with zero attached hydrogens (tertiary/aromatic N) is 1. The Morgan fingerprint density at radius 2 is 1.78 bits per heavy atom. The fourth-order valence-electron chi connectivity index (χ4n) is 4.13. The zero-order valence-corrected chi connectivity index (χ0v) is 21.5. The molecule has 1 aliphatic heterocycles. The molecule has 4 rings (SSSR count). The van der Waals surface area contributed by atoms with Gasteiger partial charge in [0.2, 0.25) is 5.91 Å². The summed E-state index contributed by atoms with van der Waals surface area (Å²) in [6.45, 7) is 0.631. The molecule has 0 atom stereocenters. The fraction of sp³-hybridized carbons (Fsp3) is 0.231. The first-order valence-electron chi connectivity index (χ1n) is 11.3. The SMILES string of the molecule is COc1ccc(S(=O)(=O)Nc2ccc3c(c2)CCCN3C(=O)CCc2ccc(C(=N)N)cc2)cc1.Cl. The fourth-order valence-corrected chi connectivity index (χ4v) is 5.18. The summed E-state index contributed by atoms with van der Waals surface area (Å²) >= 11 is 0. The normalized spacial score (nSPS) is 12.8. The molecule has 10 heteroatoms. The number of hydrogen-bond acceptors (Lipinski definition) is 5. The second-order valence-electron chi connectivity index (χ2n) is 8.38. The summed E-state index contributed by atoms with van der Waals surface area (Å²) in [6.07, 6.45) is 2.51. The lowest BCUT2D eigenvalue weighted by atomic mass is 10.00. The van der Waals surface area contributed by atoms with E-state index < -0.39 is 10.0 Å². The lowest BCUT2D eigenvalue weighted by Crippen LogP contribution is -2.35. The van der Waals surface area contributed by atoms with E-state index in [1.165, 1.54) is 19.2 Å². The summed E-state index contributed by atoms with van der Waals surface area (Å²) in [4.78, 5) is 14.9. The van der Waals surface area contributed by atoms with Gasteiger partial charge in [0.15, 0.2) is 0 Å². The molecule has 3 aromatic carbocycles. The number of hydrogen-bond donors (Lipinski definition) is 3. The number of ether oxygens (including phenoxy) is 1. The number of nitrogens with two attached hydrogens (primary N) is 1. The Morgan fingerprint density at radius 3 is 2.42 bits per heavy atom. The van der Waals surface area contributed by atoms with Crippen LogP contribution in [0.3, 0.4) is 0 Å². The molecule has 8 nitrogen and oxygen atoms in total. The molecule has 1 heterocycles. The maximum atomic E-state index is 13.0. The van der Waals surface area contributed by atoms with Gasteiger partial charge in [-0.1, -0.05) is 24.3 Å². The Morgan fingerprint density at radius 1 is 1.08 bits per heavy atom. The molecular weight excluding hydrogens is 500 g/mol. The number of aryl methyl sites for hydroxylation is 2. The summed E-state index contributed by atoms with van der Waals surface area (Å²) in [5.74, 6) is 0.618. The average molecular weight is 529 g/mol. The average Bonchev–Trinajstić information content (AvgIpc) is 2.86. The number of rotatable bonds is 8. The van der Waals surface area contributed by atoms with Crippen molar-refractivity contribution in [3.05, 3.63) is 83.4 Å². The smallest absolute Gasteiger partial charge is 0.261 e. The third-order valence-corrected chi connectivity index (χ3v) is 7.41. The first-order valence-corrected chi connectivity index (χ1v) is 12.8. The molecule has 1 amide bonds. The van der Waals surface area contributed by atoms with E-state index in [1.807, 2.05) is 12.1 Å². The number of amides is 1. The van der Waals surface area contributed by atoms with Crippen molar-refractivity contribution < 1.29 is 17.9 Å². The van der Waals surface area contributed by atoms with Crippen molar-refractivity contribution in [1.29, 1.82) is 5.41 Å². The van der Waals surface area contributed by atoms with Gasteiger partial charge in [-0.25, -0.2) is 8.42 Å². The third-order valence-electron chi connectivity index (χ3n) is 6.01. The van der Waals surface area contributed by atoms with Crippen molar-refractivity contribution in [3.63, 3.8) is 0 Å². The Kier molecular flexibility index (Phi) is 8.60. The summed E-state index contributed by atoms with van der Waals surface area (Å²) in [5.41, 5.74) is 9.37. The van der Waals surface area contributed by atoms with E-state index in [0.29, 0.717) is 36.4 Å².